The number of aryl methyl sites for hydroxylation is 1. The van der Waals surface area contributed by atoms with E-state index in [1.807, 2.05) is 19.1 Å². The fourth-order valence-corrected chi connectivity index (χ4v) is 3.69. The fourth-order valence-electron chi connectivity index (χ4n) is 3.69. The predicted molar refractivity (Wildman–Crippen MR) is 107 cm³/mol. The maximum absolute atomic E-state index is 13.3. The number of hydrogen-bond acceptors (Lipinski definition) is 6. The fraction of sp³-hybridized carbons (Fsp3) is 0.273. The Balaban J connectivity index is 1.95. The van der Waals surface area contributed by atoms with Gasteiger partial charge in [-0.25, -0.2) is 0 Å². The summed E-state index contributed by atoms with van der Waals surface area (Å²) in [5.74, 6) is 0.898. The van der Waals surface area contributed by atoms with Gasteiger partial charge in [-0.1, -0.05) is 13.0 Å². The van der Waals surface area contributed by atoms with Gasteiger partial charge in [-0.2, -0.15) is 0 Å². The van der Waals surface area contributed by atoms with Crippen molar-refractivity contribution in [2.24, 2.45) is 0 Å². The maximum Gasteiger partial charge on any atom is 0.288 e. The Morgan fingerprint density at radius 2 is 1.69 bits per heavy atom. The summed E-state index contributed by atoms with van der Waals surface area (Å²) in [6, 6.07) is 8.19. The van der Waals surface area contributed by atoms with E-state index in [-0.39, 0.29) is 16.8 Å². The molecule has 1 aromatic heterocycles. The molecule has 0 radical (unpaired) electrons. The molecule has 1 atom stereocenters. The predicted octanol–water partition coefficient (Wildman–Crippen LogP) is 3.21. The molecule has 0 spiro atoms. The number of nitrogens with one attached hydrogen (secondary N) is 1. The molecule has 0 saturated carbocycles. The van der Waals surface area contributed by atoms with Crippen LogP contribution in [0.3, 0.4) is 0 Å². The Morgan fingerprint density at radius 3 is 2.28 bits per heavy atom. The van der Waals surface area contributed by atoms with Crippen molar-refractivity contribution >= 4 is 16.9 Å². The van der Waals surface area contributed by atoms with Crippen LogP contribution in [0.4, 0.5) is 0 Å². The standard InChI is InChI=1S/C22H21NO6/c1-5-11-6-7-14-13(8-11)19(24)17-18(23-22(25)21(17)29-14)12-9-15(26-2)20(28-4)16(10-12)27-3/h6-10,18H,5H2,1-4H3,(H,23,25). The summed E-state index contributed by atoms with van der Waals surface area (Å²) in [6.45, 7) is 2.01. The van der Waals surface area contributed by atoms with Crippen LogP contribution in [0.2, 0.25) is 0 Å². The van der Waals surface area contributed by atoms with E-state index in [2.05, 4.69) is 5.32 Å². The van der Waals surface area contributed by atoms with E-state index < -0.39 is 11.9 Å². The quantitative estimate of drug-likeness (QED) is 0.714. The third-order valence-electron chi connectivity index (χ3n) is 5.19. The van der Waals surface area contributed by atoms with Gasteiger partial charge in [0.25, 0.3) is 5.91 Å². The average Bonchev–Trinajstić information content (AvgIpc) is 3.09. The second-order valence-corrected chi connectivity index (χ2v) is 6.72. The molecule has 2 aromatic carbocycles. The highest BCUT2D eigenvalue weighted by Gasteiger charge is 2.37. The molecule has 1 aliphatic heterocycles. The highest BCUT2D eigenvalue weighted by molar-refractivity contribution is 5.99. The molecule has 0 saturated heterocycles. The molecule has 1 amide bonds. The first-order valence-electron chi connectivity index (χ1n) is 9.22. The number of amides is 1. The van der Waals surface area contributed by atoms with Gasteiger partial charge >= 0.3 is 0 Å². The average molecular weight is 395 g/mol. The van der Waals surface area contributed by atoms with Crippen molar-refractivity contribution < 1.29 is 23.4 Å². The maximum atomic E-state index is 13.3. The summed E-state index contributed by atoms with van der Waals surface area (Å²) in [4.78, 5) is 25.9. The minimum atomic E-state index is -0.683. The summed E-state index contributed by atoms with van der Waals surface area (Å²) in [5.41, 5.74) is 2.10. The van der Waals surface area contributed by atoms with E-state index in [0.29, 0.717) is 33.8 Å². The number of carbonyl (C=O) groups excluding carboxylic acids is 1. The first-order chi connectivity index (χ1) is 14.0. The van der Waals surface area contributed by atoms with Crippen LogP contribution in [0.1, 0.15) is 40.2 Å². The lowest BCUT2D eigenvalue weighted by molar-refractivity contribution is 0.0937. The Kier molecular flexibility index (Phi) is 4.66. The topological polar surface area (TPSA) is 87.0 Å². The van der Waals surface area contributed by atoms with Crippen LogP contribution in [-0.4, -0.2) is 27.2 Å². The SMILES string of the molecule is CCc1ccc2oc3c(c(=O)c2c1)C(c1cc(OC)c(OC)c(OC)c1)NC3=O. The van der Waals surface area contributed by atoms with E-state index in [9.17, 15) is 9.59 Å². The first-order valence-corrected chi connectivity index (χ1v) is 9.22. The number of ether oxygens (including phenoxy) is 3. The zero-order valence-corrected chi connectivity index (χ0v) is 16.6. The molecule has 7 heteroatoms. The molecule has 3 aromatic rings. The molecular weight excluding hydrogens is 374 g/mol. The van der Waals surface area contributed by atoms with Crippen LogP contribution in [0.25, 0.3) is 11.0 Å². The lowest BCUT2D eigenvalue weighted by Gasteiger charge is -2.17. The Morgan fingerprint density at radius 1 is 1.00 bits per heavy atom. The monoisotopic (exact) mass is 395 g/mol. The van der Waals surface area contributed by atoms with Crippen LogP contribution in [-0.2, 0) is 6.42 Å². The lowest BCUT2D eigenvalue weighted by atomic mass is 9.98. The van der Waals surface area contributed by atoms with Gasteiger partial charge in [0.05, 0.1) is 38.3 Å². The van der Waals surface area contributed by atoms with E-state index in [1.54, 1.807) is 18.2 Å². The van der Waals surface area contributed by atoms with Gasteiger partial charge in [-0.3, -0.25) is 9.59 Å². The summed E-state index contributed by atoms with van der Waals surface area (Å²) in [6.07, 6.45) is 0.792. The van der Waals surface area contributed by atoms with Crippen LogP contribution < -0.4 is 25.0 Å². The smallest absolute Gasteiger partial charge is 0.288 e. The molecule has 29 heavy (non-hydrogen) atoms. The zero-order chi connectivity index (χ0) is 20.7. The Labute approximate surface area is 167 Å². The molecule has 150 valence electrons. The Bertz CT molecular complexity index is 1150. The Hall–Kier alpha value is -3.48. The summed E-state index contributed by atoms with van der Waals surface area (Å²) in [5, 5.41) is 3.29. The second-order valence-electron chi connectivity index (χ2n) is 6.72. The van der Waals surface area contributed by atoms with Gasteiger partial charge in [0, 0.05) is 0 Å². The van der Waals surface area contributed by atoms with E-state index in [4.69, 9.17) is 18.6 Å². The number of methoxy groups -OCH3 is 3. The van der Waals surface area contributed by atoms with Gasteiger partial charge in [0.2, 0.25) is 11.5 Å². The lowest BCUT2D eigenvalue weighted by Crippen LogP contribution is -2.22. The summed E-state index contributed by atoms with van der Waals surface area (Å²) >= 11 is 0. The van der Waals surface area contributed by atoms with Crippen LogP contribution >= 0.6 is 0 Å². The van der Waals surface area contributed by atoms with E-state index in [1.165, 1.54) is 21.3 Å². The summed E-state index contributed by atoms with van der Waals surface area (Å²) in [7, 11) is 4.53. The largest absolute Gasteiger partial charge is 0.493 e. The van der Waals surface area contributed by atoms with Crippen molar-refractivity contribution in [2.75, 3.05) is 21.3 Å². The van der Waals surface area contributed by atoms with Crippen molar-refractivity contribution in [1.82, 2.24) is 5.32 Å². The highest BCUT2D eigenvalue weighted by atomic mass is 16.5. The van der Waals surface area contributed by atoms with Crippen LogP contribution in [0.15, 0.2) is 39.5 Å². The summed E-state index contributed by atoms with van der Waals surface area (Å²) < 4.78 is 22.0. The van der Waals surface area contributed by atoms with Crippen molar-refractivity contribution in [3.63, 3.8) is 0 Å². The molecule has 1 N–H and O–H groups in total. The van der Waals surface area contributed by atoms with Gasteiger partial charge in [-0.15, -0.1) is 0 Å². The zero-order valence-electron chi connectivity index (χ0n) is 16.6. The first kappa shape index (κ1) is 18.9. The molecular formula is C22H21NO6. The van der Waals surface area contributed by atoms with Gasteiger partial charge in [0.15, 0.2) is 16.9 Å². The van der Waals surface area contributed by atoms with E-state index in [0.717, 1.165) is 12.0 Å². The van der Waals surface area contributed by atoms with Crippen molar-refractivity contribution in [3.05, 3.63) is 63.0 Å². The number of benzene rings is 2. The second kappa shape index (κ2) is 7.16. The molecule has 1 unspecified atom stereocenters. The minimum Gasteiger partial charge on any atom is -0.493 e. The van der Waals surface area contributed by atoms with E-state index >= 15 is 0 Å². The van der Waals surface area contributed by atoms with Crippen molar-refractivity contribution in [3.8, 4) is 17.2 Å². The minimum absolute atomic E-state index is 0.0329. The third kappa shape index (κ3) is 2.90. The van der Waals surface area contributed by atoms with Crippen LogP contribution in [0.5, 0.6) is 17.2 Å². The number of fused-ring (bicyclic) bond motifs is 2. The highest BCUT2D eigenvalue weighted by Crippen LogP contribution is 2.42. The van der Waals surface area contributed by atoms with Gasteiger partial charge in [0.1, 0.15) is 5.58 Å². The van der Waals surface area contributed by atoms with Crippen molar-refractivity contribution in [1.29, 1.82) is 0 Å². The van der Waals surface area contributed by atoms with Crippen LogP contribution in [0, 0.1) is 0 Å². The molecule has 4 rings (SSSR count). The molecule has 2 heterocycles. The molecule has 1 aliphatic rings. The normalized spacial score (nSPS) is 15.2. The number of carbonyl (C=O) groups is 1. The molecule has 0 aliphatic carbocycles. The molecule has 7 nitrogen and oxygen atoms in total. The molecule has 0 bridgehead atoms. The van der Waals surface area contributed by atoms with Gasteiger partial charge < -0.3 is 23.9 Å². The number of hydrogen-bond donors (Lipinski definition) is 1. The van der Waals surface area contributed by atoms with Gasteiger partial charge in [-0.05, 0) is 41.8 Å². The van der Waals surface area contributed by atoms with Crippen molar-refractivity contribution in [2.45, 2.75) is 19.4 Å². The third-order valence-corrected chi connectivity index (χ3v) is 5.19. The number of rotatable bonds is 5. The molecule has 0 fully saturated rings.